The lowest BCUT2D eigenvalue weighted by atomic mass is 9.96. The van der Waals surface area contributed by atoms with Crippen molar-refractivity contribution < 1.29 is 19.2 Å². The van der Waals surface area contributed by atoms with Gasteiger partial charge in [-0.05, 0) is 26.8 Å². The van der Waals surface area contributed by atoms with Crippen LogP contribution < -0.4 is 9.64 Å². The predicted octanol–water partition coefficient (Wildman–Crippen LogP) is 2.22. The van der Waals surface area contributed by atoms with E-state index in [1.54, 1.807) is 14.0 Å². The topological polar surface area (TPSA) is 81.9 Å². The fourth-order valence-corrected chi connectivity index (χ4v) is 2.65. The third kappa shape index (κ3) is 2.23. The van der Waals surface area contributed by atoms with Gasteiger partial charge in [-0.15, -0.1) is 0 Å². The molecule has 7 nitrogen and oxygen atoms in total. The van der Waals surface area contributed by atoms with Crippen LogP contribution in [0.1, 0.15) is 26.3 Å². The lowest BCUT2D eigenvalue weighted by Gasteiger charge is -2.26. The van der Waals surface area contributed by atoms with Gasteiger partial charge in [0, 0.05) is 18.7 Å². The maximum absolute atomic E-state index is 12.5. The van der Waals surface area contributed by atoms with Gasteiger partial charge >= 0.3 is 5.69 Å². The number of ether oxygens (including phenoxy) is 2. The van der Waals surface area contributed by atoms with Gasteiger partial charge in [0.15, 0.2) is 11.4 Å². The summed E-state index contributed by atoms with van der Waals surface area (Å²) in [4.78, 5) is 24.4. The van der Waals surface area contributed by atoms with Crippen molar-refractivity contribution in [3.63, 3.8) is 0 Å². The minimum absolute atomic E-state index is 0.112. The Kier molecular flexibility index (Phi) is 3.63. The number of hydrogen-bond acceptors (Lipinski definition) is 5. The van der Waals surface area contributed by atoms with Crippen LogP contribution in [0.15, 0.2) is 12.1 Å². The van der Waals surface area contributed by atoms with Crippen LogP contribution in [0.25, 0.3) is 0 Å². The van der Waals surface area contributed by atoms with Crippen molar-refractivity contribution in [2.75, 3.05) is 19.1 Å². The normalized spacial score (nSPS) is 20.9. The second kappa shape index (κ2) is 5.00. The zero-order valence-electron chi connectivity index (χ0n) is 12.7. The molecular weight excluding hydrogens is 276 g/mol. The largest absolute Gasteiger partial charge is 0.490 e. The first-order valence-corrected chi connectivity index (χ1v) is 6.55. The van der Waals surface area contributed by atoms with Crippen LogP contribution in [-0.2, 0) is 15.1 Å². The van der Waals surface area contributed by atoms with Crippen LogP contribution >= 0.6 is 0 Å². The summed E-state index contributed by atoms with van der Waals surface area (Å²) in [5, 5.41) is 11.1. The number of carbonyl (C=O) groups is 1. The molecule has 114 valence electrons. The van der Waals surface area contributed by atoms with Gasteiger partial charge in [0.1, 0.15) is 0 Å². The molecule has 1 aromatic rings. The number of benzene rings is 1. The SMILES string of the molecule is COc1cc2c(cc1[N+](=O)[O-])N(C)C(=O)C2(C)OC(C)C. The fraction of sp³-hybridized carbons (Fsp3) is 0.500. The molecule has 1 aliphatic heterocycles. The van der Waals surface area contributed by atoms with Gasteiger partial charge in [0.2, 0.25) is 0 Å². The Morgan fingerprint density at radius 2 is 2.00 bits per heavy atom. The zero-order valence-corrected chi connectivity index (χ0v) is 12.7. The molecule has 0 bridgehead atoms. The van der Waals surface area contributed by atoms with E-state index in [1.807, 2.05) is 13.8 Å². The minimum atomic E-state index is -1.17. The molecule has 0 N–H and O–H groups in total. The van der Waals surface area contributed by atoms with E-state index >= 15 is 0 Å². The number of nitrogens with zero attached hydrogens (tertiary/aromatic N) is 2. The highest BCUT2D eigenvalue weighted by Gasteiger charge is 2.49. The van der Waals surface area contributed by atoms with Gasteiger partial charge in [0.05, 0.1) is 23.8 Å². The maximum atomic E-state index is 12.5. The van der Waals surface area contributed by atoms with E-state index in [9.17, 15) is 14.9 Å². The fourth-order valence-electron chi connectivity index (χ4n) is 2.65. The number of amides is 1. The second-order valence-corrected chi connectivity index (χ2v) is 5.36. The smallest absolute Gasteiger partial charge is 0.313 e. The van der Waals surface area contributed by atoms with Gasteiger partial charge in [-0.2, -0.15) is 0 Å². The first-order chi connectivity index (χ1) is 9.72. The van der Waals surface area contributed by atoms with Crippen molar-refractivity contribution in [2.24, 2.45) is 0 Å². The first kappa shape index (κ1) is 15.2. The van der Waals surface area contributed by atoms with E-state index in [2.05, 4.69) is 0 Å². The molecule has 1 aromatic carbocycles. The summed E-state index contributed by atoms with van der Waals surface area (Å²) in [5.74, 6) is -0.144. The van der Waals surface area contributed by atoms with Crippen molar-refractivity contribution in [3.05, 3.63) is 27.8 Å². The third-order valence-corrected chi connectivity index (χ3v) is 3.55. The first-order valence-electron chi connectivity index (χ1n) is 6.55. The summed E-state index contributed by atoms with van der Waals surface area (Å²) in [7, 11) is 2.93. The van der Waals surface area contributed by atoms with Crippen molar-refractivity contribution >= 4 is 17.3 Å². The number of nitro benzene ring substituents is 1. The predicted molar refractivity (Wildman–Crippen MR) is 76.6 cm³/mol. The lowest BCUT2D eigenvalue weighted by molar-refractivity contribution is -0.385. The third-order valence-electron chi connectivity index (χ3n) is 3.55. The highest BCUT2D eigenvalue weighted by Crippen LogP contribution is 2.47. The molecule has 0 saturated carbocycles. The van der Waals surface area contributed by atoms with Crippen LogP contribution in [0.3, 0.4) is 0 Å². The number of fused-ring (bicyclic) bond motifs is 1. The summed E-state index contributed by atoms with van der Waals surface area (Å²) >= 11 is 0. The van der Waals surface area contributed by atoms with Crippen LogP contribution in [0.2, 0.25) is 0 Å². The number of hydrogen-bond donors (Lipinski definition) is 0. The van der Waals surface area contributed by atoms with E-state index in [0.29, 0.717) is 11.3 Å². The molecule has 0 radical (unpaired) electrons. The molecule has 0 aromatic heterocycles. The average Bonchev–Trinajstić information content (AvgIpc) is 2.58. The molecule has 0 aliphatic carbocycles. The van der Waals surface area contributed by atoms with Gasteiger partial charge < -0.3 is 14.4 Å². The zero-order chi connectivity index (χ0) is 15.9. The van der Waals surface area contributed by atoms with Gasteiger partial charge in [-0.25, -0.2) is 0 Å². The summed E-state index contributed by atoms with van der Waals surface area (Å²) in [5.41, 5.74) is -0.299. The quantitative estimate of drug-likeness (QED) is 0.628. The van der Waals surface area contributed by atoms with Crippen LogP contribution in [0.4, 0.5) is 11.4 Å². The number of anilines is 1. The summed E-state index contributed by atoms with van der Waals surface area (Å²) in [6, 6.07) is 2.86. The Morgan fingerprint density at radius 3 is 2.48 bits per heavy atom. The summed E-state index contributed by atoms with van der Waals surface area (Å²) in [6.45, 7) is 5.33. The van der Waals surface area contributed by atoms with E-state index in [-0.39, 0.29) is 23.4 Å². The number of methoxy groups -OCH3 is 1. The molecule has 1 unspecified atom stereocenters. The molecule has 1 amide bonds. The van der Waals surface area contributed by atoms with Crippen molar-refractivity contribution in [3.8, 4) is 5.75 Å². The minimum Gasteiger partial charge on any atom is -0.490 e. The molecule has 2 rings (SSSR count). The molecule has 7 heteroatoms. The maximum Gasteiger partial charge on any atom is 0.313 e. The highest BCUT2D eigenvalue weighted by molar-refractivity contribution is 6.07. The molecule has 21 heavy (non-hydrogen) atoms. The highest BCUT2D eigenvalue weighted by atomic mass is 16.6. The lowest BCUT2D eigenvalue weighted by Crippen LogP contribution is -2.40. The van der Waals surface area contributed by atoms with Gasteiger partial charge in [-0.1, -0.05) is 0 Å². The molecule has 1 aliphatic rings. The van der Waals surface area contributed by atoms with Crippen molar-refractivity contribution in [1.29, 1.82) is 0 Å². The Morgan fingerprint density at radius 1 is 1.38 bits per heavy atom. The Labute approximate surface area is 122 Å². The molecule has 0 spiro atoms. The van der Waals surface area contributed by atoms with Gasteiger partial charge in [-0.3, -0.25) is 14.9 Å². The molecule has 0 fully saturated rings. The monoisotopic (exact) mass is 294 g/mol. The second-order valence-electron chi connectivity index (χ2n) is 5.36. The Balaban J connectivity index is 2.67. The molecule has 1 atom stereocenters. The summed E-state index contributed by atoms with van der Waals surface area (Å²) in [6.07, 6.45) is -0.167. The van der Waals surface area contributed by atoms with Crippen molar-refractivity contribution in [2.45, 2.75) is 32.5 Å². The molecular formula is C14H18N2O5. The number of rotatable bonds is 4. The van der Waals surface area contributed by atoms with Crippen LogP contribution in [0.5, 0.6) is 5.75 Å². The van der Waals surface area contributed by atoms with Crippen LogP contribution in [-0.4, -0.2) is 31.1 Å². The standard InChI is InChI=1S/C14H18N2O5/c1-8(2)21-14(3)9-6-12(20-5)11(16(18)19)7-10(9)15(4)13(14)17/h6-8H,1-5H3. The van der Waals surface area contributed by atoms with Crippen LogP contribution in [0, 0.1) is 10.1 Å². The Bertz CT molecular complexity index is 614. The number of likely N-dealkylation sites (N-methyl/N-ethyl adjacent to an activating group) is 1. The summed E-state index contributed by atoms with van der Waals surface area (Å²) < 4.78 is 10.9. The number of carbonyl (C=O) groups excluding carboxylic acids is 1. The van der Waals surface area contributed by atoms with E-state index < -0.39 is 10.5 Å². The van der Waals surface area contributed by atoms with E-state index in [4.69, 9.17) is 9.47 Å². The van der Waals surface area contributed by atoms with E-state index in [1.165, 1.54) is 24.1 Å². The Hall–Kier alpha value is -2.15. The number of nitro groups is 1. The molecule has 1 heterocycles. The average molecular weight is 294 g/mol. The van der Waals surface area contributed by atoms with Crippen molar-refractivity contribution in [1.82, 2.24) is 0 Å². The molecule has 0 saturated heterocycles. The van der Waals surface area contributed by atoms with E-state index in [0.717, 1.165) is 0 Å². The van der Waals surface area contributed by atoms with Gasteiger partial charge in [0.25, 0.3) is 5.91 Å².